The third kappa shape index (κ3) is 2.10. The molecule has 1 aromatic carbocycles. The minimum absolute atomic E-state index is 0.0839. The number of hydrogen-bond acceptors (Lipinski definition) is 3. The maximum Gasteiger partial charge on any atom is 0.254 e. The van der Waals surface area contributed by atoms with Crippen molar-refractivity contribution in [1.29, 1.82) is 0 Å². The number of carbonyl (C=O) groups excluding carboxylic acids is 1. The zero-order chi connectivity index (χ0) is 10.8. The number of β-amino-alcohol motifs (C(OH)–C–C–N with tert-alkyl or cyclic N) is 1. The Bertz CT molecular complexity index is 378. The predicted octanol–water partition coefficient (Wildman–Crippen LogP) is 0.599. The van der Waals surface area contributed by atoms with Crippen LogP contribution in [0.25, 0.3) is 0 Å². The van der Waals surface area contributed by atoms with E-state index >= 15 is 0 Å². The normalized spacial score (nSPS) is 20.6. The number of phenols is 1. The van der Waals surface area contributed by atoms with E-state index in [1.54, 1.807) is 17.0 Å². The molecule has 80 valence electrons. The van der Waals surface area contributed by atoms with Crippen molar-refractivity contribution in [2.24, 2.45) is 0 Å². The molecule has 0 saturated carbocycles. The Balaban J connectivity index is 2.14. The van der Waals surface area contributed by atoms with Crippen LogP contribution in [0.2, 0.25) is 0 Å². The number of nitrogens with zero attached hydrogens (tertiary/aromatic N) is 1. The van der Waals surface area contributed by atoms with Gasteiger partial charge in [-0.2, -0.15) is 0 Å². The molecule has 1 amide bonds. The van der Waals surface area contributed by atoms with Gasteiger partial charge in [-0.05, 0) is 24.6 Å². The molecule has 0 spiro atoms. The Morgan fingerprint density at radius 2 is 2.27 bits per heavy atom. The molecule has 4 heteroatoms. The van der Waals surface area contributed by atoms with Crippen LogP contribution in [0.15, 0.2) is 24.3 Å². The van der Waals surface area contributed by atoms with Crippen LogP contribution >= 0.6 is 0 Å². The topological polar surface area (TPSA) is 60.8 Å². The van der Waals surface area contributed by atoms with Crippen molar-refractivity contribution < 1.29 is 15.0 Å². The first kappa shape index (κ1) is 9.98. The number of likely N-dealkylation sites (tertiary alicyclic amines) is 1. The number of benzene rings is 1. The summed E-state index contributed by atoms with van der Waals surface area (Å²) < 4.78 is 0. The van der Waals surface area contributed by atoms with Crippen LogP contribution in [-0.2, 0) is 0 Å². The Morgan fingerprint density at radius 1 is 1.47 bits per heavy atom. The summed E-state index contributed by atoms with van der Waals surface area (Å²) in [6, 6.07) is 6.25. The largest absolute Gasteiger partial charge is 0.508 e. The number of hydrogen-bond donors (Lipinski definition) is 2. The molecule has 1 unspecified atom stereocenters. The maximum atomic E-state index is 11.8. The molecule has 1 atom stereocenters. The van der Waals surface area contributed by atoms with E-state index < -0.39 is 6.10 Å². The average molecular weight is 207 g/mol. The fourth-order valence-electron chi connectivity index (χ4n) is 1.75. The van der Waals surface area contributed by atoms with E-state index in [0.717, 1.165) is 0 Å². The van der Waals surface area contributed by atoms with Crippen LogP contribution in [0.1, 0.15) is 16.8 Å². The number of amides is 1. The lowest BCUT2D eigenvalue weighted by atomic mass is 10.2. The van der Waals surface area contributed by atoms with Gasteiger partial charge in [-0.1, -0.05) is 6.07 Å². The van der Waals surface area contributed by atoms with Crippen molar-refractivity contribution in [3.63, 3.8) is 0 Å². The molecule has 15 heavy (non-hydrogen) atoms. The van der Waals surface area contributed by atoms with E-state index in [2.05, 4.69) is 0 Å². The first-order valence-corrected chi connectivity index (χ1v) is 4.93. The van der Waals surface area contributed by atoms with Gasteiger partial charge in [0.1, 0.15) is 5.75 Å². The predicted molar refractivity (Wildman–Crippen MR) is 54.6 cm³/mol. The lowest BCUT2D eigenvalue weighted by Gasteiger charge is -2.15. The second-order valence-electron chi connectivity index (χ2n) is 3.74. The van der Waals surface area contributed by atoms with E-state index in [1.165, 1.54) is 12.1 Å². The van der Waals surface area contributed by atoms with E-state index in [0.29, 0.717) is 25.1 Å². The van der Waals surface area contributed by atoms with Gasteiger partial charge in [0.25, 0.3) is 5.91 Å². The Hall–Kier alpha value is -1.55. The molecule has 0 bridgehead atoms. The van der Waals surface area contributed by atoms with Crippen LogP contribution in [0.4, 0.5) is 0 Å². The molecule has 1 heterocycles. The monoisotopic (exact) mass is 207 g/mol. The second-order valence-corrected chi connectivity index (χ2v) is 3.74. The molecular weight excluding hydrogens is 194 g/mol. The Morgan fingerprint density at radius 3 is 2.87 bits per heavy atom. The van der Waals surface area contributed by atoms with Crippen molar-refractivity contribution in [3.8, 4) is 5.75 Å². The van der Waals surface area contributed by atoms with Gasteiger partial charge in [0.05, 0.1) is 6.10 Å². The number of phenolic OH excluding ortho intramolecular Hbond substituents is 1. The average Bonchev–Trinajstić information content (AvgIpc) is 2.64. The molecule has 1 aliphatic rings. The minimum atomic E-state index is -0.411. The van der Waals surface area contributed by atoms with Crippen molar-refractivity contribution in [2.45, 2.75) is 12.5 Å². The third-order valence-corrected chi connectivity index (χ3v) is 2.54. The van der Waals surface area contributed by atoms with Gasteiger partial charge in [-0.15, -0.1) is 0 Å². The minimum Gasteiger partial charge on any atom is -0.508 e. The van der Waals surface area contributed by atoms with Crippen molar-refractivity contribution in [2.75, 3.05) is 13.1 Å². The lowest BCUT2D eigenvalue weighted by molar-refractivity contribution is 0.0764. The standard InChI is InChI=1S/C11H13NO3/c13-9-3-1-2-8(6-9)11(15)12-5-4-10(14)7-12/h1-3,6,10,13-14H,4-5,7H2. The van der Waals surface area contributed by atoms with Crippen molar-refractivity contribution in [1.82, 2.24) is 4.90 Å². The highest BCUT2D eigenvalue weighted by Crippen LogP contribution is 2.16. The van der Waals surface area contributed by atoms with Crippen LogP contribution < -0.4 is 0 Å². The molecule has 0 radical (unpaired) electrons. The highest BCUT2D eigenvalue weighted by atomic mass is 16.3. The zero-order valence-corrected chi connectivity index (χ0v) is 8.26. The van der Waals surface area contributed by atoms with Crippen molar-refractivity contribution in [3.05, 3.63) is 29.8 Å². The van der Waals surface area contributed by atoms with Crippen LogP contribution in [-0.4, -0.2) is 40.2 Å². The van der Waals surface area contributed by atoms with Gasteiger partial charge in [0.2, 0.25) is 0 Å². The van der Waals surface area contributed by atoms with Crippen LogP contribution in [0.5, 0.6) is 5.75 Å². The Kier molecular flexibility index (Phi) is 2.60. The van der Waals surface area contributed by atoms with E-state index in [-0.39, 0.29) is 11.7 Å². The van der Waals surface area contributed by atoms with Crippen LogP contribution in [0.3, 0.4) is 0 Å². The summed E-state index contributed by atoms with van der Waals surface area (Å²) in [6.45, 7) is 0.962. The zero-order valence-electron chi connectivity index (χ0n) is 8.26. The summed E-state index contributed by atoms with van der Waals surface area (Å²) in [4.78, 5) is 13.4. The number of aliphatic hydroxyl groups excluding tert-OH is 1. The maximum absolute atomic E-state index is 11.8. The Labute approximate surface area is 87.8 Å². The highest BCUT2D eigenvalue weighted by Gasteiger charge is 2.25. The SMILES string of the molecule is O=C(c1cccc(O)c1)N1CCC(O)C1. The van der Waals surface area contributed by atoms with Crippen LogP contribution in [0, 0.1) is 0 Å². The molecule has 4 nitrogen and oxygen atoms in total. The first-order chi connectivity index (χ1) is 7.16. The quantitative estimate of drug-likeness (QED) is 0.709. The van der Waals surface area contributed by atoms with Gasteiger partial charge in [-0.25, -0.2) is 0 Å². The number of rotatable bonds is 1. The summed E-state index contributed by atoms with van der Waals surface area (Å²) in [5.74, 6) is -0.0527. The number of aliphatic hydroxyl groups is 1. The fourth-order valence-corrected chi connectivity index (χ4v) is 1.75. The molecule has 1 aromatic rings. The summed E-state index contributed by atoms with van der Waals surface area (Å²) >= 11 is 0. The van der Waals surface area contributed by atoms with Gasteiger partial charge in [-0.3, -0.25) is 4.79 Å². The number of aromatic hydroxyl groups is 1. The summed E-state index contributed by atoms with van der Waals surface area (Å²) in [5, 5.41) is 18.5. The molecule has 1 fully saturated rings. The van der Waals surface area contributed by atoms with E-state index in [4.69, 9.17) is 0 Å². The van der Waals surface area contributed by atoms with E-state index in [9.17, 15) is 15.0 Å². The molecular formula is C11H13NO3. The van der Waals surface area contributed by atoms with Crippen molar-refractivity contribution >= 4 is 5.91 Å². The fraction of sp³-hybridized carbons (Fsp3) is 0.364. The first-order valence-electron chi connectivity index (χ1n) is 4.93. The summed E-state index contributed by atoms with van der Waals surface area (Å²) in [7, 11) is 0. The smallest absolute Gasteiger partial charge is 0.254 e. The van der Waals surface area contributed by atoms with E-state index in [1.807, 2.05) is 0 Å². The summed E-state index contributed by atoms with van der Waals surface area (Å²) in [5.41, 5.74) is 0.462. The third-order valence-electron chi connectivity index (χ3n) is 2.54. The van der Waals surface area contributed by atoms with Gasteiger partial charge < -0.3 is 15.1 Å². The molecule has 1 saturated heterocycles. The van der Waals surface area contributed by atoms with Gasteiger partial charge in [0.15, 0.2) is 0 Å². The summed E-state index contributed by atoms with van der Waals surface area (Å²) in [6.07, 6.45) is 0.219. The second kappa shape index (κ2) is 3.90. The number of carbonyl (C=O) groups is 1. The highest BCUT2D eigenvalue weighted by molar-refractivity contribution is 5.94. The molecule has 0 aliphatic carbocycles. The van der Waals surface area contributed by atoms with Gasteiger partial charge >= 0.3 is 0 Å². The molecule has 2 N–H and O–H groups in total. The molecule has 0 aromatic heterocycles. The molecule has 2 rings (SSSR count). The van der Waals surface area contributed by atoms with Gasteiger partial charge in [0, 0.05) is 18.7 Å². The molecule has 1 aliphatic heterocycles. The lowest BCUT2D eigenvalue weighted by Crippen LogP contribution is -2.29.